The summed E-state index contributed by atoms with van der Waals surface area (Å²) in [4.78, 5) is 4.45. The first-order chi connectivity index (χ1) is 10.8. The fourth-order valence-electron chi connectivity index (χ4n) is 2.02. The Morgan fingerprint density at radius 2 is 1.77 bits per heavy atom. The molecule has 0 aliphatic rings. The molecular weight excluding hydrogens is 276 g/mol. The Kier molecular flexibility index (Phi) is 3.55. The summed E-state index contributed by atoms with van der Waals surface area (Å²) in [7, 11) is 0. The number of oxazole rings is 1. The van der Waals surface area contributed by atoms with Gasteiger partial charge in [-0.3, -0.25) is 0 Å². The van der Waals surface area contributed by atoms with Crippen LogP contribution in [0.1, 0.15) is 0 Å². The molecule has 0 saturated carbocycles. The van der Waals surface area contributed by atoms with E-state index in [4.69, 9.17) is 14.9 Å². The van der Waals surface area contributed by atoms with Gasteiger partial charge in [0.05, 0.1) is 11.3 Å². The molecular formula is C17H10N4O. The van der Waals surface area contributed by atoms with E-state index in [1.54, 1.807) is 12.1 Å². The van der Waals surface area contributed by atoms with Crippen molar-refractivity contribution < 1.29 is 4.42 Å². The average molecular weight is 286 g/mol. The predicted octanol–water partition coefficient (Wildman–Crippen LogP) is 3.84. The van der Waals surface area contributed by atoms with Crippen molar-refractivity contribution in [3.05, 3.63) is 60.3 Å². The first-order valence-corrected chi connectivity index (χ1v) is 6.53. The number of rotatable bonds is 3. The van der Waals surface area contributed by atoms with Crippen molar-refractivity contribution in [3.63, 3.8) is 0 Å². The van der Waals surface area contributed by atoms with Crippen molar-refractivity contribution in [2.75, 3.05) is 5.32 Å². The average Bonchev–Trinajstić information content (AvgIpc) is 3.00. The maximum absolute atomic E-state index is 8.77. The summed E-state index contributed by atoms with van der Waals surface area (Å²) in [6.07, 6.45) is 1.36. The number of aromatic nitrogens is 1. The van der Waals surface area contributed by atoms with E-state index in [1.807, 2.05) is 48.5 Å². The van der Waals surface area contributed by atoms with Crippen molar-refractivity contribution in [2.24, 2.45) is 0 Å². The normalized spacial score (nSPS) is 9.73. The first-order valence-electron chi connectivity index (χ1n) is 6.53. The highest BCUT2D eigenvalue weighted by Gasteiger charge is 2.11. The van der Waals surface area contributed by atoms with Gasteiger partial charge < -0.3 is 9.73 Å². The SMILES string of the molecule is N#CC(C#N)=CNc1ccccc1-c1nc2ccccc2o1. The van der Waals surface area contributed by atoms with Crippen molar-refractivity contribution >= 4 is 16.8 Å². The van der Waals surface area contributed by atoms with Gasteiger partial charge in [0.15, 0.2) is 5.58 Å². The van der Waals surface area contributed by atoms with Crippen LogP contribution in [0.4, 0.5) is 5.69 Å². The molecule has 3 rings (SSSR count). The molecule has 104 valence electrons. The molecule has 0 bridgehead atoms. The lowest BCUT2D eigenvalue weighted by atomic mass is 10.1. The van der Waals surface area contributed by atoms with Crippen molar-refractivity contribution in [1.82, 2.24) is 4.98 Å². The van der Waals surface area contributed by atoms with Crippen LogP contribution in [0.3, 0.4) is 0 Å². The molecule has 0 radical (unpaired) electrons. The Morgan fingerprint density at radius 3 is 2.55 bits per heavy atom. The standard InChI is InChI=1S/C17H10N4O/c18-9-12(10-19)11-20-14-6-2-1-5-13(14)17-21-15-7-3-4-8-16(15)22-17/h1-8,11,20H. The minimum absolute atomic E-state index is 0.00707. The van der Waals surface area contributed by atoms with Gasteiger partial charge in [0.25, 0.3) is 0 Å². The number of hydrogen-bond donors (Lipinski definition) is 1. The number of fused-ring (bicyclic) bond motifs is 1. The fourth-order valence-corrected chi connectivity index (χ4v) is 2.02. The number of nitrogens with one attached hydrogen (secondary N) is 1. The molecule has 0 atom stereocenters. The van der Waals surface area contributed by atoms with Gasteiger partial charge >= 0.3 is 0 Å². The van der Waals surface area contributed by atoms with Crippen LogP contribution in [0.25, 0.3) is 22.6 Å². The maximum Gasteiger partial charge on any atom is 0.229 e. The Bertz CT molecular complexity index is 892. The first kappa shape index (κ1) is 13.4. The molecule has 0 saturated heterocycles. The van der Waals surface area contributed by atoms with Crippen LogP contribution in [-0.4, -0.2) is 4.98 Å². The minimum atomic E-state index is -0.00707. The second-order valence-corrected chi connectivity index (χ2v) is 4.46. The zero-order chi connectivity index (χ0) is 15.4. The lowest BCUT2D eigenvalue weighted by Crippen LogP contribution is -1.93. The zero-order valence-corrected chi connectivity index (χ0v) is 11.4. The van der Waals surface area contributed by atoms with E-state index in [-0.39, 0.29) is 5.57 Å². The van der Waals surface area contributed by atoms with E-state index in [0.29, 0.717) is 17.2 Å². The third-order valence-corrected chi connectivity index (χ3v) is 3.06. The Labute approximate surface area is 126 Å². The number of nitrogens with zero attached hydrogens (tertiary/aromatic N) is 3. The van der Waals surface area contributed by atoms with Crippen LogP contribution < -0.4 is 5.32 Å². The number of benzene rings is 2. The fraction of sp³-hybridized carbons (Fsp3) is 0. The zero-order valence-electron chi connectivity index (χ0n) is 11.4. The van der Waals surface area contributed by atoms with E-state index in [2.05, 4.69) is 10.3 Å². The van der Waals surface area contributed by atoms with E-state index < -0.39 is 0 Å². The lowest BCUT2D eigenvalue weighted by Gasteiger charge is -2.05. The molecule has 0 fully saturated rings. The Hall–Kier alpha value is -3.57. The molecule has 3 aromatic rings. The van der Waals surface area contributed by atoms with E-state index in [1.165, 1.54) is 6.20 Å². The highest BCUT2D eigenvalue weighted by Crippen LogP contribution is 2.30. The van der Waals surface area contributed by atoms with Gasteiger partial charge in [-0.2, -0.15) is 10.5 Å². The molecule has 0 spiro atoms. The predicted molar refractivity (Wildman–Crippen MR) is 82.4 cm³/mol. The highest BCUT2D eigenvalue weighted by atomic mass is 16.3. The third kappa shape index (κ3) is 2.52. The number of anilines is 1. The number of nitriles is 2. The van der Waals surface area contributed by atoms with Gasteiger partial charge in [-0.25, -0.2) is 4.98 Å². The maximum atomic E-state index is 8.77. The quantitative estimate of drug-likeness (QED) is 0.739. The van der Waals surface area contributed by atoms with Crippen molar-refractivity contribution in [3.8, 4) is 23.6 Å². The largest absolute Gasteiger partial charge is 0.436 e. The lowest BCUT2D eigenvalue weighted by molar-refractivity contribution is 0.620. The second-order valence-electron chi connectivity index (χ2n) is 4.46. The van der Waals surface area contributed by atoms with Crippen molar-refractivity contribution in [1.29, 1.82) is 10.5 Å². The molecule has 5 nitrogen and oxygen atoms in total. The molecule has 0 unspecified atom stereocenters. The molecule has 1 aromatic heterocycles. The summed E-state index contributed by atoms with van der Waals surface area (Å²) in [5.41, 5.74) is 2.93. The van der Waals surface area contributed by atoms with Crippen LogP contribution in [0.2, 0.25) is 0 Å². The number of para-hydroxylation sites is 3. The minimum Gasteiger partial charge on any atom is -0.436 e. The summed E-state index contributed by atoms with van der Waals surface area (Å²) in [5.74, 6) is 0.480. The highest BCUT2D eigenvalue weighted by molar-refractivity contribution is 5.80. The molecule has 0 aliphatic heterocycles. The van der Waals surface area contributed by atoms with Crippen LogP contribution >= 0.6 is 0 Å². The summed E-state index contributed by atoms with van der Waals surface area (Å²) < 4.78 is 5.75. The number of hydrogen-bond acceptors (Lipinski definition) is 5. The summed E-state index contributed by atoms with van der Waals surface area (Å²) in [6, 6.07) is 18.5. The van der Waals surface area contributed by atoms with Crippen LogP contribution in [0.15, 0.2) is 64.7 Å². The van der Waals surface area contributed by atoms with Crippen LogP contribution in [0, 0.1) is 22.7 Å². The van der Waals surface area contributed by atoms with Gasteiger partial charge in [0, 0.05) is 6.20 Å². The van der Waals surface area contributed by atoms with Crippen molar-refractivity contribution in [2.45, 2.75) is 0 Å². The van der Waals surface area contributed by atoms with Gasteiger partial charge in [-0.15, -0.1) is 0 Å². The molecule has 5 heteroatoms. The van der Waals surface area contributed by atoms with Crippen LogP contribution in [0.5, 0.6) is 0 Å². The summed E-state index contributed by atoms with van der Waals surface area (Å²) >= 11 is 0. The molecule has 0 amide bonds. The topological polar surface area (TPSA) is 85.6 Å². The Morgan fingerprint density at radius 1 is 1.05 bits per heavy atom. The van der Waals surface area contributed by atoms with E-state index in [9.17, 15) is 0 Å². The summed E-state index contributed by atoms with van der Waals surface area (Å²) in [5, 5.41) is 20.5. The molecule has 1 N–H and O–H groups in total. The van der Waals surface area contributed by atoms with Gasteiger partial charge in [-0.1, -0.05) is 24.3 Å². The molecule has 2 aromatic carbocycles. The van der Waals surface area contributed by atoms with Crippen LogP contribution in [-0.2, 0) is 0 Å². The monoisotopic (exact) mass is 286 g/mol. The van der Waals surface area contributed by atoms with Gasteiger partial charge in [-0.05, 0) is 24.3 Å². The molecule has 0 aliphatic carbocycles. The smallest absolute Gasteiger partial charge is 0.229 e. The second kappa shape index (κ2) is 5.82. The van der Waals surface area contributed by atoms with Gasteiger partial charge in [0.1, 0.15) is 23.2 Å². The molecule has 1 heterocycles. The molecule has 22 heavy (non-hydrogen) atoms. The van der Waals surface area contributed by atoms with Gasteiger partial charge in [0.2, 0.25) is 5.89 Å². The van der Waals surface area contributed by atoms with E-state index >= 15 is 0 Å². The van der Waals surface area contributed by atoms with E-state index in [0.717, 1.165) is 11.1 Å². The third-order valence-electron chi connectivity index (χ3n) is 3.06. The Balaban J connectivity index is 2.03. The number of allylic oxidation sites excluding steroid dienone is 1. The summed E-state index contributed by atoms with van der Waals surface area (Å²) in [6.45, 7) is 0.